The van der Waals surface area contributed by atoms with E-state index in [1.54, 1.807) is 7.11 Å². The highest BCUT2D eigenvalue weighted by Crippen LogP contribution is 2.05. The molecule has 0 unspecified atom stereocenters. The van der Waals surface area contributed by atoms with Crippen molar-refractivity contribution >= 4 is 0 Å². The van der Waals surface area contributed by atoms with Crippen LogP contribution in [0.15, 0.2) is 6.20 Å². The van der Waals surface area contributed by atoms with E-state index in [9.17, 15) is 0 Å². The third kappa shape index (κ3) is 3.32. The van der Waals surface area contributed by atoms with Crippen LogP contribution in [-0.2, 0) is 18.3 Å². The van der Waals surface area contributed by atoms with E-state index in [4.69, 9.17) is 4.74 Å². The molecule has 0 fully saturated rings. The number of hydrogen-bond acceptors (Lipinski definition) is 3. The predicted octanol–water partition coefficient (Wildman–Crippen LogP) is 1.24. The van der Waals surface area contributed by atoms with Crippen molar-refractivity contribution in [1.82, 2.24) is 15.1 Å². The molecule has 0 spiro atoms. The molecule has 15 heavy (non-hydrogen) atoms. The Kier molecular flexibility index (Phi) is 4.78. The molecule has 86 valence electrons. The highest BCUT2D eigenvalue weighted by Gasteiger charge is 2.07. The Balaban J connectivity index is 2.45. The molecule has 1 N–H and O–H groups in total. The lowest BCUT2D eigenvalue weighted by Gasteiger charge is -2.15. The van der Waals surface area contributed by atoms with Crippen LogP contribution in [0.2, 0.25) is 0 Å². The largest absolute Gasteiger partial charge is 0.383 e. The van der Waals surface area contributed by atoms with Crippen molar-refractivity contribution in [2.45, 2.75) is 32.9 Å². The van der Waals surface area contributed by atoms with Gasteiger partial charge in [0.05, 0.1) is 12.8 Å². The summed E-state index contributed by atoms with van der Waals surface area (Å²) in [5.41, 5.74) is 2.47. The van der Waals surface area contributed by atoms with E-state index in [0.29, 0.717) is 6.04 Å². The van der Waals surface area contributed by atoms with Crippen LogP contribution >= 0.6 is 0 Å². The number of nitrogens with one attached hydrogen (secondary N) is 1. The Hall–Kier alpha value is -0.870. The Morgan fingerprint density at radius 1 is 1.60 bits per heavy atom. The van der Waals surface area contributed by atoms with Crippen LogP contribution in [0.1, 0.15) is 24.6 Å². The maximum atomic E-state index is 5.14. The van der Waals surface area contributed by atoms with Crippen molar-refractivity contribution in [3.05, 3.63) is 17.5 Å². The smallest absolute Gasteiger partial charge is 0.0615 e. The number of aromatic nitrogens is 2. The Labute approximate surface area is 91.6 Å². The molecule has 0 aliphatic carbocycles. The molecule has 1 heterocycles. The summed E-state index contributed by atoms with van der Waals surface area (Å²) in [5, 5.41) is 7.67. The number of rotatable bonds is 6. The van der Waals surface area contributed by atoms with Gasteiger partial charge in [0.15, 0.2) is 0 Å². The normalized spacial score (nSPS) is 13.1. The minimum Gasteiger partial charge on any atom is -0.383 e. The molecule has 4 nitrogen and oxygen atoms in total. The van der Waals surface area contributed by atoms with E-state index >= 15 is 0 Å². The van der Waals surface area contributed by atoms with E-state index in [-0.39, 0.29) is 0 Å². The zero-order valence-corrected chi connectivity index (χ0v) is 10.1. The summed E-state index contributed by atoms with van der Waals surface area (Å²) in [4.78, 5) is 0. The molecule has 0 bridgehead atoms. The van der Waals surface area contributed by atoms with Crippen molar-refractivity contribution in [2.75, 3.05) is 13.7 Å². The van der Waals surface area contributed by atoms with E-state index in [1.807, 2.05) is 17.9 Å². The van der Waals surface area contributed by atoms with Gasteiger partial charge in [0, 0.05) is 38.0 Å². The summed E-state index contributed by atoms with van der Waals surface area (Å²) < 4.78 is 7.03. The predicted molar refractivity (Wildman–Crippen MR) is 60.7 cm³/mol. The lowest BCUT2D eigenvalue weighted by Crippen LogP contribution is -2.32. The Bertz CT molecular complexity index is 296. The van der Waals surface area contributed by atoms with Gasteiger partial charge in [-0.05, 0) is 13.3 Å². The lowest BCUT2D eigenvalue weighted by atomic mass is 10.2. The molecule has 0 saturated carbocycles. The van der Waals surface area contributed by atoms with Gasteiger partial charge >= 0.3 is 0 Å². The molecule has 1 aromatic heterocycles. The molecule has 4 heteroatoms. The van der Waals surface area contributed by atoms with E-state index in [1.165, 1.54) is 11.3 Å². The summed E-state index contributed by atoms with van der Waals surface area (Å²) in [5.74, 6) is 0. The van der Waals surface area contributed by atoms with Gasteiger partial charge < -0.3 is 10.1 Å². The summed E-state index contributed by atoms with van der Waals surface area (Å²) in [6.07, 6.45) is 3.00. The van der Waals surface area contributed by atoms with Crippen molar-refractivity contribution in [1.29, 1.82) is 0 Å². The van der Waals surface area contributed by atoms with E-state index in [2.05, 4.69) is 24.3 Å². The van der Waals surface area contributed by atoms with Gasteiger partial charge in [0.1, 0.15) is 0 Å². The van der Waals surface area contributed by atoms with E-state index < -0.39 is 0 Å². The number of nitrogens with zero attached hydrogens (tertiary/aromatic N) is 2. The standard InChI is InChI=1S/C11H21N3O/c1-5-11(8-15-4)12-6-10-7-13-14(3)9(10)2/h7,11-12H,5-6,8H2,1-4H3/t11-/m0/s1. The quantitative estimate of drug-likeness (QED) is 0.769. The van der Waals surface area contributed by atoms with Crippen LogP contribution in [0.3, 0.4) is 0 Å². The third-order valence-electron chi connectivity index (χ3n) is 2.78. The second-order valence-electron chi connectivity index (χ2n) is 3.82. The summed E-state index contributed by atoms with van der Waals surface area (Å²) in [6.45, 7) is 5.87. The second kappa shape index (κ2) is 5.88. The summed E-state index contributed by atoms with van der Waals surface area (Å²) in [7, 11) is 3.70. The van der Waals surface area contributed by atoms with E-state index in [0.717, 1.165) is 19.6 Å². The molecule has 0 radical (unpaired) electrons. The average Bonchev–Trinajstić information content (AvgIpc) is 2.55. The maximum Gasteiger partial charge on any atom is 0.0615 e. The Morgan fingerprint density at radius 2 is 2.33 bits per heavy atom. The first-order chi connectivity index (χ1) is 7.19. The summed E-state index contributed by atoms with van der Waals surface area (Å²) >= 11 is 0. The molecular formula is C11H21N3O. The van der Waals surface area contributed by atoms with Gasteiger partial charge in [-0.3, -0.25) is 4.68 Å². The number of aryl methyl sites for hydroxylation is 1. The molecule has 1 rings (SSSR count). The van der Waals surface area contributed by atoms with Crippen molar-refractivity contribution < 1.29 is 4.74 Å². The third-order valence-corrected chi connectivity index (χ3v) is 2.78. The zero-order valence-electron chi connectivity index (χ0n) is 10.1. The van der Waals surface area contributed by atoms with Gasteiger partial charge in [0.2, 0.25) is 0 Å². The van der Waals surface area contributed by atoms with Gasteiger partial charge in [-0.1, -0.05) is 6.92 Å². The fraction of sp³-hybridized carbons (Fsp3) is 0.727. The molecule has 1 atom stereocenters. The fourth-order valence-electron chi connectivity index (χ4n) is 1.49. The van der Waals surface area contributed by atoms with Gasteiger partial charge in [0.25, 0.3) is 0 Å². The fourth-order valence-corrected chi connectivity index (χ4v) is 1.49. The van der Waals surface area contributed by atoms with Crippen molar-refractivity contribution in [2.24, 2.45) is 7.05 Å². The highest BCUT2D eigenvalue weighted by atomic mass is 16.5. The SMILES string of the molecule is CC[C@@H](COC)NCc1cnn(C)c1C. The minimum atomic E-state index is 0.426. The lowest BCUT2D eigenvalue weighted by molar-refractivity contribution is 0.164. The first-order valence-electron chi connectivity index (χ1n) is 5.38. The molecule has 0 aliphatic rings. The van der Waals surface area contributed by atoms with Crippen LogP contribution in [-0.4, -0.2) is 29.5 Å². The van der Waals surface area contributed by atoms with Crippen LogP contribution < -0.4 is 5.32 Å². The highest BCUT2D eigenvalue weighted by molar-refractivity contribution is 5.15. The number of ether oxygens (including phenoxy) is 1. The molecular weight excluding hydrogens is 190 g/mol. The molecule has 1 aromatic rings. The van der Waals surface area contributed by atoms with Gasteiger partial charge in [-0.25, -0.2) is 0 Å². The zero-order chi connectivity index (χ0) is 11.3. The molecule has 0 aromatic carbocycles. The summed E-state index contributed by atoms with van der Waals surface area (Å²) in [6, 6.07) is 0.426. The van der Waals surface area contributed by atoms with Crippen LogP contribution in [0.25, 0.3) is 0 Å². The average molecular weight is 211 g/mol. The molecule has 0 saturated heterocycles. The van der Waals surface area contributed by atoms with Crippen molar-refractivity contribution in [3.8, 4) is 0 Å². The maximum absolute atomic E-state index is 5.14. The number of methoxy groups -OCH3 is 1. The van der Waals surface area contributed by atoms with Crippen LogP contribution in [0.5, 0.6) is 0 Å². The van der Waals surface area contributed by atoms with Crippen molar-refractivity contribution in [3.63, 3.8) is 0 Å². The van der Waals surface area contributed by atoms with Gasteiger partial charge in [-0.2, -0.15) is 5.10 Å². The monoisotopic (exact) mass is 211 g/mol. The molecule has 0 amide bonds. The Morgan fingerprint density at radius 3 is 2.80 bits per heavy atom. The topological polar surface area (TPSA) is 39.1 Å². The van der Waals surface area contributed by atoms with Crippen LogP contribution in [0, 0.1) is 6.92 Å². The number of hydrogen-bond donors (Lipinski definition) is 1. The van der Waals surface area contributed by atoms with Crippen LogP contribution in [0.4, 0.5) is 0 Å². The minimum absolute atomic E-state index is 0.426. The van der Waals surface area contributed by atoms with Gasteiger partial charge in [-0.15, -0.1) is 0 Å². The first-order valence-corrected chi connectivity index (χ1v) is 5.38. The molecule has 0 aliphatic heterocycles. The second-order valence-corrected chi connectivity index (χ2v) is 3.82. The first kappa shape index (κ1) is 12.2.